The van der Waals surface area contributed by atoms with Gasteiger partial charge in [-0.15, -0.1) is 10.2 Å². The summed E-state index contributed by atoms with van der Waals surface area (Å²) in [5, 5.41) is 6.99. The van der Waals surface area contributed by atoms with Crippen LogP contribution in [0.25, 0.3) is 11.5 Å². The molecule has 2 saturated heterocycles. The van der Waals surface area contributed by atoms with Gasteiger partial charge >= 0.3 is 6.43 Å². The maximum absolute atomic E-state index is 13.4. The first-order valence-corrected chi connectivity index (χ1v) is 25.4. The van der Waals surface area contributed by atoms with Gasteiger partial charge in [0.1, 0.15) is 0 Å². The van der Waals surface area contributed by atoms with Crippen LogP contribution in [0, 0.1) is 0 Å². The molecule has 0 spiro atoms. The van der Waals surface area contributed by atoms with Crippen LogP contribution in [0.4, 0.5) is 20.2 Å². The van der Waals surface area contributed by atoms with Gasteiger partial charge in [-0.05, 0) is 87.6 Å². The second kappa shape index (κ2) is 24.0. The molecule has 5 aromatic rings. The second-order valence-corrected chi connectivity index (χ2v) is 20.6. The third-order valence-corrected chi connectivity index (χ3v) is 15.3. The van der Waals surface area contributed by atoms with Crippen molar-refractivity contribution in [2.24, 2.45) is 5.73 Å². The van der Waals surface area contributed by atoms with Gasteiger partial charge in [0.15, 0.2) is 5.78 Å². The van der Waals surface area contributed by atoms with E-state index in [2.05, 4.69) is 43.9 Å². The van der Waals surface area contributed by atoms with Crippen molar-refractivity contribution in [1.29, 1.82) is 0 Å². The van der Waals surface area contributed by atoms with Gasteiger partial charge in [-0.2, -0.15) is 8.78 Å². The summed E-state index contributed by atoms with van der Waals surface area (Å²) in [4.78, 5) is 20.9. The molecule has 66 heavy (non-hydrogen) atoms. The zero-order valence-electron chi connectivity index (χ0n) is 37.7. The number of benzene rings is 4. The first kappa shape index (κ1) is 50.3. The molecule has 1 aromatic heterocycles. The number of nitrogens with two attached hydrogens (primary N) is 1. The predicted molar refractivity (Wildman–Crippen MR) is 254 cm³/mol. The highest BCUT2D eigenvalue weighted by Gasteiger charge is 2.26. The Morgan fingerprint density at radius 1 is 0.636 bits per heavy atom. The summed E-state index contributed by atoms with van der Waals surface area (Å²) in [6.07, 6.45) is -1.69. The third-order valence-electron chi connectivity index (χ3n) is 11.6. The lowest BCUT2D eigenvalue weighted by Gasteiger charge is -2.32. The lowest BCUT2D eigenvalue weighted by Crippen LogP contribution is -2.45. The van der Waals surface area contributed by atoms with Crippen LogP contribution >= 0.6 is 0 Å². The third kappa shape index (κ3) is 14.7. The number of carbonyl (C=O) groups excluding carboxylic acids is 1. The number of para-hydroxylation sites is 2. The molecule has 0 aliphatic carbocycles. The van der Waals surface area contributed by atoms with Gasteiger partial charge in [-0.1, -0.05) is 72.8 Å². The number of sulfonamides is 2. The summed E-state index contributed by atoms with van der Waals surface area (Å²) in [6.45, 7) is 9.73. The molecule has 19 heteroatoms. The Bertz CT molecular complexity index is 2470. The predicted octanol–water partition coefficient (Wildman–Crippen LogP) is 5.45. The fourth-order valence-electron chi connectivity index (χ4n) is 7.63. The minimum Gasteiger partial charge on any atom is -0.415 e. The Morgan fingerprint density at radius 2 is 1.06 bits per heavy atom. The van der Waals surface area contributed by atoms with Gasteiger partial charge < -0.3 is 29.8 Å². The van der Waals surface area contributed by atoms with Crippen LogP contribution in [0.5, 0.6) is 0 Å². The van der Waals surface area contributed by atoms with E-state index >= 15 is 0 Å². The van der Waals surface area contributed by atoms with E-state index < -0.39 is 32.4 Å². The minimum absolute atomic E-state index is 0.0108. The Kier molecular flexibility index (Phi) is 18.3. The van der Waals surface area contributed by atoms with Crippen LogP contribution in [0.1, 0.15) is 46.6 Å². The van der Waals surface area contributed by atoms with Crippen LogP contribution < -0.4 is 14.3 Å². The highest BCUT2D eigenvalue weighted by molar-refractivity contribution is 7.93. The van der Waals surface area contributed by atoms with Gasteiger partial charge in [0.25, 0.3) is 5.89 Å². The van der Waals surface area contributed by atoms with Crippen molar-refractivity contribution in [2.75, 3.05) is 106 Å². The molecule has 2 fully saturated rings. The van der Waals surface area contributed by atoms with E-state index in [1.807, 2.05) is 36.4 Å². The summed E-state index contributed by atoms with van der Waals surface area (Å²) in [6, 6.07) is 31.9. The summed E-state index contributed by atoms with van der Waals surface area (Å²) >= 11 is 0. The van der Waals surface area contributed by atoms with Gasteiger partial charge in [0, 0.05) is 63.5 Å². The number of ketones is 1. The van der Waals surface area contributed by atoms with Gasteiger partial charge in [-0.25, -0.2) is 16.8 Å². The molecule has 0 amide bonds. The molecule has 4 aromatic carbocycles. The average Bonchev–Trinajstić information content (AvgIpc) is 3.83. The highest BCUT2D eigenvalue weighted by atomic mass is 32.2. The fraction of sp³-hybridized carbons (Fsp3) is 0.426. The van der Waals surface area contributed by atoms with E-state index in [1.165, 1.54) is 8.61 Å². The Morgan fingerprint density at radius 3 is 1.45 bits per heavy atom. The second-order valence-electron chi connectivity index (χ2n) is 16.6. The van der Waals surface area contributed by atoms with Crippen molar-refractivity contribution in [3.05, 3.63) is 132 Å². The molecule has 0 radical (unpaired) electrons. The number of halogens is 2. The van der Waals surface area contributed by atoms with E-state index in [-0.39, 0.29) is 42.8 Å². The van der Waals surface area contributed by atoms with Crippen LogP contribution in [0.15, 0.2) is 114 Å². The number of hydrogen-bond donors (Lipinski definition) is 1. The molecule has 0 bridgehead atoms. The molecular weight excluding hydrogens is 889 g/mol. The molecule has 0 saturated carbocycles. The number of piperazine rings is 2. The zero-order chi connectivity index (χ0) is 47.1. The Labute approximate surface area is 387 Å². The molecule has 2 aliphatic heterocycles. The monoisotopic (exact) mass is 949 g/mol. The van der Waals surface area contributed by atoms with E-state index in [4.69, 9.17) is 10.2 Å². The maximum Gasteiger partial charge on any atom is 0.314 e. The van der Waals surface area contributed by atoms with E-state index in [0.717, 1.165) is 76.6 Å². The molecule has 0 atom stereocenters. The number of aromatic nitrogens is 2. The molecule has 15 nitrogen and oxygen atoms in total. The standard InChI is InChI=1S/C24H29F2N5O3S.C23H32N4O3S/c1-29-13-15-30(16-14-29)12-5-17-35(32,33)31(21-6-3-2-4-7-21)18-19-8-10-20(11-9-19)23-27-28-24(34-23)22(25)26;1-25-13-15-26(16-14-25)12-5-17-31(29,30)27(22-6-3-2-4-7-22)19-20-8-10-21(11-9-20)23(28)18-24/h2-4,6-11,22H,5,12-18H2,1H3;2-4,6-11H,5,12-19,24H2,1H3. The molecule has 2 N–H and O–H groups in total. The number of anilines is 2. The number of alkyl halides is 2. The number of hydrogen-bond acceptors (Lipinski definition) is 13. The van der Waals surface area contributed by atoms with Crippen LogP contribution in [-0.4, -0.2) is 150 Å². The largest absolute Gasteiger partial charge is 0.415 e. The van der Waals surface area contributed by atoms with Crippen molar-refractivity contribution < 1.29 is 34.8 Å². The fourth-order valence-corrected chi connectivity index (χ4v) is 10.6. The normalized spacial score (nSPS) is 15.6. The molecule has 7 rings (SSSR count). The van der Waals surface area contributed by atoms with Crippen molar-refractivity contribution in [1.82, 2.24) is 29.8 Å². The number of likely N-dealkylation sites (N-methyl/N-ethyl adjacent to an activating group) is 2. The van der Waals surface area contributed by atoms with Gasteiger partial charge in [-0.3, -0.25) is 13.4 Å². The quantitative estimate of drug-likeness (QED) is 0.0979. The zero-order valence-corrected chi connectivity index (χ0v) is 39.3. The van der Waals surface area contributed by atoms with Crippen LogP contribution in [0.2, 0.25) is 0 Å². The van der Waals surface area contributed by atoms with Crippen LogP contribution in [0.3, 0.4) is 0 Å². The maximum atomic E-state index is 13.4. The Hall–Kier alpha value is -5.15. The molecular formula is C47H61F2N9O6S2. The van der Waals surface area contributed by atoms with E-state index in [0.29, 0.717) is 35.3 Å². The number of nitrogens with zero attached hydrogens (tertiary/aromatic N) is 8. The van der Waals surface area contributed by atoms with Crippen molar-refractivity contribution in [2.45, 2.75) is 32.4 Å². The summed E-state index contributed by atoms with van der Waals surface area (Å²) in [5.41, 5.74) is 9.23. The number of rotatable bonds is 20. The van der Waals surface area contributed by atoms with Crippen molar-refractivity contribution >= 4 is 37.2 Å². The lowest BCUT2D eigenvalue weighted by atomic mass is 10.1. The SMILES string of the molecule is CN1CCN(CCCS(=O)(=O)N(Cc2ccc(-c3nnc(C(F)F)o3)cc2)c2ccccc2)CC1.CN1CCN(CCCS(=O)(=O)N(Cc2ccc(C(=O)CN)cc2)c2ccccc2)CC1. The molecule has 0 unspecified atom stereocenters. The van der Waals surface area contributed by atoms with Crippen molar-refractivity contribution in [3.8, 4) is 11.5 Å². The first-order valence-electron chi connectivity index (χ1n) is 22.2. The lowest BCUT2D eigenvalue weighted by molar-refractivity contribution is 0.100. The summed E-state index contributed by atoms with van der Waals surface area (Å²) in [7, 11) is -2.89. The van der Waals surface area contributed by atoms with Gasteiger partial charge in [0.05, 0.1) is 42.5 Å². The van der Waals surface area contributed by atoms with Crippen LogP contribution in [-0.2, 0) is 33.1 Å². The highest BCUT2D eigenvalue weighted by Crippen LogP contribution is 2.27. The topological polar surface area (TPSA) is 170 Å². The smallest absolute Gasteiger partial charge is 0.314 e. The average molecular weight is 950 g/mol. The number of carbonyl (C=O) groups is 1. The molecule has 3 heterocycles. The molecule has 356 valence electrons. The Balaban J connectivity index is 0.000000220. The number of Topliss-reactive ketones (excluding diaryl/α,β-unsaturated/α-hetero) is 1. The van der Waals surface area contributed by atoms with Crippen molar-refractivity contribution in [3.63, 3.8) is 0 Å². The first-order chi connectivity index (χ1) is 31.7. The summed E-state index contributed by atoms with van der Waals surface area (Å²) in [5.74, 6) is -0.740. The summed E-state index contributed by atoms with van der Waals surface area (Å²) < 4.78 is 86.6. The van der Waals surface area contributed by atoms with Gasteiger partial charge in [0.2, 0.25) is 25.9 Å². The minimum atomic E-state index is -3.58. The molecule has 2 aliphatic rings. The van der Waals surface area contributed by atoms with E-state index in [1.54, 1.807) is 72.8 Å². The van der Waals surface area contributed by atoms with E-state index in [9.17, 15) is 30.4 Å².